The lowest BCUT2D eigenvalue weighted by Crippen LogP contribution is -2.25. The molecule has 1 atom stereocenters. The van der Waals surface area contributed by atoms with Gasteiger partial charge in [-0.05, 0) is 32.9 Å². The summed E-state index contributed by atoms with van der Waals surface area (Å²) in [6, 6.07) is 13.2. The van der Waals surface area contributed by atoms with Crippen molar-refractivity contribution in [3.63, 3.8) is 0 Å². The molecule has 0 aliphatic heterocycles. The normalized spacial score (nSPS) is 12.0. The smallest absolute Gasteiger partial charge is 0.311 e. The average Bonchev–Trinajstić information content (AvgIpc) is 2.96. The summed E-state index contributed by atoms with van der Waals surface area (Å²) in [6.45, 7) is 5.40. The summed E-state index contributed by atoms with van der Waals surface area (Å²) in [5, 5.41) is 0.836. The SMILES string of the molecule is COc1ccc(C)cc1CC(=O)O[C@@H](C)C(=O)c1c(C)[nH]c2ccccc12. The van der Waals surface area contributed by atoms with Gasteiger partial charge in [0.05, 0.1) is 13.5 Å². The van der Waals surface area contributed by atoms with Crippen LogP contribution in [0.5, 0.6) is 5.75 Å². The number of hydrogen-bond acceptors (Lipinski definition) is 4. The highest BCUT2D eigenvalue weighted by molar-refractivity contribution is 6.11. The lowest BCUT2D eigenvalue weighted by Gasteiger charge is -2.14. The van der Waals surface area contributed by atoms with Crippen molar-refractivity contribution >= 4 is 22.7 Å². The molecule has 3 rings (SSSR count). The van der Waals surface area contributed by atoms with Crippen LogP contribution in [0.1, 0.15) is 34.1 Å². The molecule has 1 N–H and O–H groups in total. The van der Waals surface area contributed by atoms with Crippen LogP contribution in [0, 0.1) is 13.8 Å². The van der Waals surface area contributed by atoms with E-state index in [1.807, 2.05) is 56.3 Å². The number of carbonyl (C=O) groups is 2. The van der Waals surface area contributed by atoms with E-state index < -0.39 is 12.1 Å². The molecule has 0 radical (unpaired) electrons. The highest BCUT2D eigenvalue weighted by atomic mass is 16.5. The number of Topliss-reactive ketones (excluding diaryl/α,β-unsaturated/α-hetero) is 1. The van der Waals surface area contributed by atoms with Gasteiger partial charge < -0.3 is 14.5 Å². The first-order valence-electron chi connectivity index (χ1n) is 8.85. The number of esters is 1. The zero-order valence-corrected chi connectivity index (χ0v) is 16.0. The molecule has 0 saturated carbocycles. The van der Waals surface area contributed by atoms with E-state index in [9.17, 15) is 9.59 Å². The van der Waals surface area contributed by atoms with Gasteiger partial charge in [0.25, 0.3) is 0 Å². The van der Waals surface area contributed by atoms with Crippen LogP contribution in [0.15, 0.2) is 42.5 Å². The van der Waals surface area contributed by atoms with Crippen molar-refractivity contribution in [2.75, 3.05) is 7.11 Å². The maximum Gasteiger partial charge on any atom is 0.311 e. The number of carbonyl (C=O) groups excluding carboxylic acids is 2. The number of aromatic nitrogens is 1. The summed E-state index contributed by atoms with van der Waals surface area (Å²) in [4.78, 5) is 28.5. The Labute approximate surface area is 158 Å². The summed E-state index contributed by atoms with van der Waals surface area (Å²) in [5.74, 6) is -0.0456. The number of benzene rings is 2. The van der Waals surface area contributed by atoms with Crippen molar-refractivity contribution in [1.82, 2.24) is 4.98 Å². The van der Waals surface area contributed by atoms with Gasteiger partial charge in [-0.3, -0.25) is 9.59 Å². The molecular weight excluding hydrogens is 342 g/mol. The number of ketones is 1. The minimum Gasteiger partial charge on any atom is -0.496 e. The third kappa shape index (κ3) is 3.87. The summed E-state index contributed by atoms with van der Waals surface area (Å²) < 4.78 is 10.7. The van der Waals surface area contributed by atoms with Crippen molar-refractivity contribution in [3.8, 4) is 5.75 Å². The maximum atomic E-state index is 12.9. The van der Waals surface area contributed by atoms with Gasteiger partial charge in [0.1, 0.15) is 5.75 Å². The third-order valence-corrected chi connectivity index (χ3v) is 4.59. The molecule has 0 bridgehead atoms. The lowest BCUT2D eigenvalue weighted by atomic mass is 10.0. The molecule has 2 aromatic carbocycles. The number of fused-ring (bicyclic) bond motifs is 1. The first-order chi connectivity index (χ1) is 12.9. The van der Waals surface area contributed by atoms with Crippen molar-refractivity contribution in [2.24, 2.45) is 0 Å². The van der Waals surface area contributed by atoms with Gasteiger partial charge in [0.15, 0.2) is 6.10 Å². The van der Waals surface area contributed by atoms with Crippen LogP contribution in [-0.2, 0) is 16.0 Å². The predicted octanol–water partition coefficient (Wildman–Crippen LogP) is 4.15. The second kappa shape index (κ2) is 7.66. The molecule has 0 amide bonds. The van der Waals surface area contributed by atoms with Crippen molar-refractivity contribution in [2.45, 2.75) is 33.3 Å². The Bertz CT molecular complexity index is 1000. The zero-order chi connectivity index (χ0) is 19.6. The van der Waals surface area contributed by atoms with Gasteiger partial charge in [-0.15, -0.1) is 0 Å². The topological polar surface area (TPSA) is 68.4 Å². The number of ether oxygens (including phenoxy) is 2. The van der Waals surface area contributed by atoms with Gasteiger partial charge in [0, 0.05) is 27.7 Å². The van der Waals surface area contributed by atoms with Crippen LogP contribution in [0.2, 0.25) is 0 Å². The standard InChI is InChI=1S/C22H23NO4/c1-13-9-10-19(26-4)16(11-13)12-20(24)27-15(3)22(25)21-14(2)23-18-8-6-5-7-17(18)21/h5-11,15,23H,12H2,1-4H3/t15-/m0/s1. The minimum atomic E-state index is -0.869. The highest BCUT2D eigenvalue weighted by Gasteiger charge is 2.24. The van der Waals surface area contributed by atoms with E-state index in [2.05, 4.69) is 4.98 Å². The molecule has 5 nitrogen and oxygen atoms in total. The first kappa shape index (κ1) is 18.7. The number of H-pyrrole nitrogens is 1. The van der Waals surface area contributed by atoms with E-state index in [-0.39, 0.29) is 12.2 Å². The van der Waals surface area contributed by atoms with Crippen molar-refractivity contribution < 1.29 is 19.1 Å². The predicted molar refractivity (Wildman–Crippen MR) is 104 cm³/mol. The van der Waals surface area contributed by atoms with Crippen molar-refractivity contribution in [1.29, 1.82) is 0 Å². The summed E-state index contributed by atoms with van der Waals surface area (Å²) in [6.07, 6.45) is -0.818. The van der Waals surface area contributed by atoms with E-state index in [1.54, 1.807) is 14.0 Å². The summed E-state index contributed by atoms with van der Waals surface area (Å²) in [7, 11) is 1.56. The van der Waals surface area contributed by atoms with Gasteiger partial charge >= 0.3 is 5.97 Å². The Hall–Kier alpha value is -3.08. The molecule has 0 aliphatic carbocycles. The van der Waals surface area contributed by atoms with E-state index in [1.165, 1.54) is 0 Å². The Morgan fingerprint density at radius 2 is 1.85 bits per heavy atom. The fourth-order valence-electron chi connectivity index (χ4n) is 3.29. The number of methoxy groups -OCH3 is 1. The maximum absolute atomic E-state index is 12.9. The number of rotatable bonds is 6. The van der Waals surface area contributed by atoms with Gasteiger partial charge in [0.2, 0.25) is 5.78 Å². The number of aromatic amines is 1. The molecule has 1 heterocycles. The Balaban J connectivity index is 1.76. The van der Waals surface area contributed by atoms with Gasteiger partial charge in [-0.25, -0.2) is 0 Å². The van der Waals surface area contributed by atoms with E-state index in [4.69, 9.17) is 9.47 Å². The number of aryl methyl sites for hydroxylation is 2. The quantitative estimate of drug-likeness (QED) is 0.526. The summed E-state index contributed by atoms with van der Waals surface area (Å²) in [5.41, 5.74) is 3.99. The molecule has 3 aromatic rings. The number of para-hydroxylation sites is 1. The average molecular weight is 365 g/mol. The van der Waals surface area contributed by atoms with Crippen LogP contribution in [0.25, 0.3) is 10.9 Å². The van der Waals surface area contributed by atoms with Crippen LogP contribution < -0.4 is 4.74 Å². The largest absolute Gasteiger partial charge is 0.496 e. The summed E-state index contributed by atoms with van der Waals surface area (Å²) >= 11 is 0. The molecule has 0 saturated heterocycles. The fourth-order valence-corrected chi connectivity index (χ4v) is 3.29. The van der Waals surface area contributed by atoms with Crippen LogP contribution in [0.4, 0.5) is 0 Å². The molecule has 5 heteroatoms. The molecule has 1 aromatic heterocycles. The molecule has 27 heavy (non-hydrogen) atoms. The molecule has 0 aliphatic rings. The molecule has 140 valence electrons. The van der Waals surface area contributed by atoms with E-state index >= 15 is 0 Å². The molecule has 0 fully saturated rings. The first-order valence-corrected chi connectivity index (χ1v) is 8.85. The Morgan fingerprint density at radius 3 is 2.59 bits per heavy atom. The van der Waals surface area contributed by atoms with Crippen LogP contribution in [-0.4, -0.2) is 30.0 Å². The van der Waals surface area contributed by atoms with E-state index in [0.717, 1.165) is 27.7 Å². The third-order valence-electron chi connectivity index (χ3n) is 4.59. The minimum absolute atomic E-state index is 0.0509. The fraction of sp³-hybridized carbons (Fsp3) is 0.273. The van der Waals surface area contributed by atoms with Crippen LogP contribution in [0.3, 0.4) is 0 Å². The zero-order valence-electron chi connectivity index (χ0n) is 16.0. The Kier molecular flexibility index (Phi) is 5.31. The van der Waals surface area contributed by atoms with Crippen molar-refractivity contribution in [3.05, 3.63) is 64.8 Å². The number of hydrogen-bond donors (Lipinski definition) is 1. The molecule has 0 spiro atoms. The molecule has 0 unspecified atom stereocenters. The molecular formula is C22H23NO4. The van der Waals surface area contributed by atoms with Crippen LogP contribution >= 0.6 is 0 Å². The monoisotopic (exact) mass is 365 g/mol. The van der Waals surface area contributed by atoms with E-state index in [0.29, 0.717) is 11.3 Å². The number of nitrogens with one attached hydrogen (secondary N) is 1. The van der Waals surface area contributed by atoms with Gasteiger partial charge in [-0.1, -0.05) is 35.9 Å². The van der Waals surface area contributed by atoms with Gasteiger partial charge in [-0.2, -0.15) is 0 Å². The highest BCUT2D eigenvalue weighted by Crippen LogP contribution is 2.24. The lowest BCUT2D eigenvalue weighted by molar-refractivity contribution is -0.145. The second-order valence-corrected chi connectivity index (χ2v) is 6.66. The Morgan fingerprint density at radius 1 is 1.11 bits per heavy atom. The second-order valence-electron chi connectivity index (χ2n) is 6.66.